The lowest BCUT2D eigenvalue weighted by Gasteiger charge is -2.17. The van der Waals surface area contributed by atoms with Crippen molar-refractivity contribution in [3.05, 3.63) is 74.9 Å². The molecule has 1 aromatic heterocycles. The number of hydrogen-bond donors (Lipinski definition) is 3. The summed E-state index contributed by atoms with van der Waals surface area (Å²) in [6, 6.07) is 11.5. The van der Waals surface area contributed by atoms with Gasteiger partial charge in [-0.05, 0) is 29.8 Å². The Hall–Kier alpha value is -2.74. The fraction of sp³-hybridized carbons (Fsp3) is 0.105. The molecule has 0 aliphatic rings. The summed E-state index contributed by atoms with van der Waals surface area (Å²) in [5, 5.41) is 26.9. The van der Waals surface area contributed by atoms with Gasteiger partial charge in [-0.15, -0.1) is 0 Å². The number of amides is 1. The number of nitrogens with one attached hydrogen (secondary N) is 1. The van der Waals surface area contributed by atoms with Crippen LogP contribution in [0.2, 0.25) is 15.1 Å². The van der Waals surface area contributed by atoms with Crippen molar-refractivity contribution in [1.29, 1.82) is 0 Å². The zero-order valence-electron chi connectivity index (χ0n) is 14.6. The third kappa shape index (κ3) is 4.82. The normalized spacial score (nSPS) is 11.8. The van der Waals surface area contributed by atoms with E-state index in [1.54, 1.807) is 30.3 Å². The highest BCUT2D eigenvalue weighted by Gasteiger charge is 2.23. The van der Waals surface area contributed by atoms with Crippen LogP contribution in [0, 0.1) is 0 Å². The molecule has 1 unspecified atom stereocenters. The van der Waals surface area contributed by atoms with Crippen molar-refractivity contribution in [1.82, 2.24) is 15.1 Å². The number of hydrogen-bond acceptors (Lipinski definition) is 4. The van der Waals surface area contributed by atoms with Crippen molar-refractivity contribution in [3.63, 3.8) is 0 Å². The predicted octanol–water partition coefficient (Wildman–Crippen LogP) is 4.48. The Morgan fingerprint density at radius 1 is 1.03 bits per heavy atom. The second-order valence-electron chi connectivity index (χ2n) is 6.05. The van der Waals surface area contributed by atoms with Gasteiger partial charge in [-0.2, -0.15) is 9.78 Å². The molecule has 2 aromatic carbocycles. The van der Waals surface area contributed by atoms with Crippen molar-refractivity contribution in [3.8, 4) is 11.6 Å². The van der Waals surface area contributed by atoms with Crippen LogP contribution in [0.1, 0.15) is 28.5 Å². The number of aromatic hydroxyl groups is 1. The Morgan fingerprint density at radius 2 is 1.76 bits per heavy atom. The van der Waals surface area contributed by atoms with Gasteiger partial charge in [-0.25, -0.2) is 0 Å². The first-order chi connectivity index (χ1) is 13.8. The molecule has 10 heteroatoms. The molecule has 0 radical (unpaired) electrons. The number of aliphatic carboxylic acids is 1. The molecular weight excluding hydrogens is 441 g/mol. The second-order valence-corrected chi connectivity index (χ2v) is 7.27. The number of rotatable bonds is 6. The van der Waals surface area contributed by atoms with Crippen LogP contribution >= 0.6 is 34.8 Å². The van der Waals surface area contributed by atoms with Crippen LogP contribution in [0.3, 0.4) is 0 Å². The lowest BCUT2D eigenvalue weighted by molar-refractivity contribution is -0.137. The first-order valence-corrected chi connectivity index (χ1v) is 9.41. The molecule has 0 saturated carbocycles. The lowest BCUT2D eigenvalue weighted by Crippen LogP contribution is -2.30. The minimum absolute atomic E-state index is 0.113. The third-order valence-corrected chi connectivity index (χ3v) is 5.09. The Labute approximate surface area is 180 Å². The molecule has 1 atom stereocenters. The van der Waals surface area contributed by atoms with Crippen molar-refractivity contribution in [2.24, 2.45) is 0 Å². The maximum Gasteiger partial charge on any atom is 0.305 e. The maximum atomic E-state index is 12.7. The van der Waals surface area contributed by atoms with Crippen LogP contribution < -0.4 is 5.32 Å². The predicted molar refractivity (Wildman–Crippen MR) is 109 cm³/mol. The van der Waals surface area contributed by atoms with Crippen LogP contribution in [0.4, 0.5) is 0 Å². The SMILES string of the molecule is O=C(O)CC(NC(=O)c1cc(O)n(-c2ccccc2Cl)n1)c1ccc(Cl)c(Cl)c1. The number of carbonyl (C=O) groups excluding carboxylic acids is 1. The van der Waals surface area contributed by atoms with Gasteiger partial charge in [0.2, 0.25) is 5.88 Å². The van der Waals surface area contributed by atoms with Crippen molar-refractivity contribution in [2.75, 3.05) is 0 Å². The zero-order chi connectivity index (χ0) is 21.1. The minimum atomic E-state index is -1.12. The topological polar surface area (TPSA) is 104 Å². The smallest absolute Gasteiger partial charge is 0.305 e. The average molecular weight is 455 g/mol. The fourth-order valence-electron chi connectivity index (χ4n) is 2.67. The van der Waals surface area contributed by atoms with Gasteiger partial charge in [0.25, 0.3) is 5.91 Å². The highest BCUT2D eigenvalue weighted by atomic mass is 35.5. The summed E-state index contributed by atoms with van der Waals surface area (Å²) in [4.78, 5) is 23.9. The van der Waals surface area contributed by atoms with Gasteiger partial charge in [-0.3, -0.25) is 9.59 Å². The van der Waals surface area contributed by atoms with Gasteiger partial charge in [0, 0.05) is 6.07 Å². The van der Waals surface area contributed by atoms with Crippen molar-refractivity contribution in [2.45, 2.75) is 12.5 Å². The molecule has 3 aromatic rings. The standard InChI is InChI=1S/C19H14Cl3N3O4/c20-11-6-5-10(7-13(11)22)14(9-18(27)28)23-19(29)15-8-17(26)25(24-15)16-4-2-1-3-12(16)21/h1-8,14,26H,9H2,(H,23,29)(H,27,28). The first kappa shape index (κ1) is 21.0. The summed E-state index contributed by atoms with van der Waals surface area (Å²) in [7, 11) is 0. The fourth-order valence-corrected chi connectivity index (χ4v) is 3.19. The summed E-state index contributed by atoms with van der Waals surface area (Å²) >= 11 is 18.0. The number of carbonyl (C=O) groups is 2. The summed E-state index contributed by atoms with van der Waals surface area (Å²) in [5.41, 5.74) is 0.736. The molecule has 0 aliphatic heterocycles. The molecular formula is C19H14Cl3N3O4. The monoisotopic (exact) mass is 453 g/mol. The van der Waals surface area contributed by atoms with Crippen LogP contribution in [0.5, 0.6) is 5.88 Å². The summed E-state index contributed by atoms with van der Waals surface area (Å²) in [5.74, 6) is -2.10. The maximum absolute atomic E-state index is 12.7. The summed E-state index contributed by atoms with van der Waals surface area (Å²) in [6.45, 7) is 0. The second kappa shape index (κ2) is 8.73. The van der Waals surface area contributed by atoms with Crippen molar-refractivity contribution < 1.29 is 19.8 Å². The van der Waals surface area contributed by atoms with Gasteiger partial charge < -0.3 is 15.5 Å². The van der Waals surface area contributed by atoms with E-state index >= 15 is 0 Å². The minimum Gasteiger partial charge on any atom is -0.493 e. The molecule has 0 fully saturated rings. The molecule has 0 bridgehead atoms. The van der Waals surface area contributed by atoms with E-state index in [4.69, 9.17) is 34.8 Å². The summed E-state index contributed by atoms with van der Waals surface area (Å²) in [6.07, 6.45) is -0.388. The number of para-hydroxylation sites is 1. The Kier molecular flexibility index (Phi) is 6.32. The van der Waals surface area contributed by atoms with Gasteiger partial charge in [0.1, 0.15) is 0 Å². The average Bonchev–Trinajstić information content (AvgIpc) is 3.05. The number of halogens is 3. The molecule has 7 nitrogen and oxygen atoms in total. The molecule has 0 spiro atoms. The van der Waals surface area contributed by atoms with Gasteiger partial charge in [0.05, 0.1) is 33.2 Å². The lowest BCUT2D eigenvalue weighted by atomic mass is 10.0. The molecule has 150 valence electrons. The van der Waals surface area contributed by atoms with Crippen LogP contribution in [0.15, 0.2) is 48.5 Å². The van der Waals surface area contributed by atoms with Gasteiger partial charge in [0.15, 0.2) is 5.69 Å². The quantitative estimate of drug-likeness (QED) is 0.509. The van der Waals surface area contributed by atoms with E-state index < -0.39 is 17.9 Å². The number of carboxylic acid groups (broad SMARTS) is 1. The number of nitrogens with zero attached hydrogens (tertiary/aromatic N) is 2. The molecule has 1 heterocycles. The molecule has 3 N–H and O–H groups in total. The summed E-state index contributed by atoms with van der Waals surface area (Å²) < 4.78 is 1.11. The Bertz CT molecular complexity index is 1080. The number of aromatic nitrogens is 2. The van der Waals surface area contributed by atoms with E-state index in [0.29, 0.717) is 21.3 Å². The first-order valence-electron chi connectivity index (χ1n) is 8.28. The van der Waals surface area contributed by atoms with E-state index in [2.05, 4.69) is 10.4 Å². The van der Waals surface area contributed by atoms with E-state index in [9.17, 15) is 19.8 Å². The zero-order valence-corrected chi connectivity index (χ0v) is 16.9. The molecule has 1 amide bonds. The van der Waals surface area contributed by atoms with Crippen LogP contribution in [-0.4, -0.2) is 31.9 Å². The highest BCUT2D eigenvalue weighted by molar-refractivity contribution is 6.42. The Balaban J connectivity index is 1.88. The number of benzene rings is 2. The highest BCUT2D eigenvalue weighted by Crippen LogP contribution is 2.28. The molecule has 0 saturated heterocycles. The van der Waals surface area contributed by atoms with Gasteiger partial charge in [-0.1, -0.05) is 53.0 Å². The van der Waals surface area contributed by atoms with Crippen LogP contribution in [0.25, 0.3) is 5.69 Å². The molecule has 0 aliphatic carbocycles. The van der Waals surface area contributed by atoms with E-state index in [-0.39, 0.29) is 23.0 Å². The third-order valence-electron chi connectivity index (χ3n) is 4.03. The van der Waals surface area contributed by atoms with E-state index in [1.165, 1.54) is 12.1 Å². The molecule has 3 rings (SSSR count). The molecule has 29 heavy (non-hydrogen) atoms. The number of carboxylic acids is 1. The Morgan fingerprint density at radius 3 is 2.41 bits per heavy atom. The van der Waals surface area contributed by atoms with Crippen LogP contribution in [-0.2, 0) is 4.79 Å². The van der Waals surface area contributed by atoms with E-state index in [1.807, 2.05) is 0 Å². The van der Waals surface area contributed by atoms with E-state index in [0.717, 1.165) is 10.7 Å². The van der Waals surface area contributed by atoms with Crippen molar-refractivity contribution >= 4 is 46.7 Å². The largest absolute Gasteiger partial charge is 0.493 e. The van der Waals surface area contributed by atoms with Gasteiger partial charge >= 0.3 is 5.97 Å².